The Bertz CT molecular complexity index is 1160. The van der Waals surface area contributed by atoms with Crippen molar-refractivity contribution in [2.45, 2.75) is 52.6 Å². The van der Waals surface area contributed by atoms with Crippen molar-refractivity contribution in [2.24, 2.45) is 10.8 Å². The Hall–Kier alpha value is -2.59. The van der Waals surface area contributed by atoms with E-state index in [-0.39, 0.29) is 11.4 Å². The number of phenols is 1. The largest absolute Gasteiger partial charge is 0.507 e. The van der Waals surface area contributed by atoms with Crippen LogP contribution in [0.1, 0.15) is 45.6 Å². The molecule has 0 unspecified atom stereocenters. The summed E-state index contributed by atoms with van der Waals surface area (Å²) < 4.78 is 5.68. The highest BCUT2D eigenvalue weighted by Gasteiger charge is 2.49. The van der Waals surface area contributed by atoms with Crippen molar-refractivity contribution in [3.63, 3.8) is 0 Å². The summed E-state index contributed by atoms with van der Waals surface area (Å²) in [6.45, 7) is 8.72. The van der Waals surface area contributed by atoms with Crippen LogP contribution in [-0.4, -0.2) is 22.6 Å². The fourth-order valence-corrected chi connectivity index (χ4v) is 6.25. The predicted octanol–water partition coefficient (Wildman–Crippen LogP) is 5.57. The summed E-state index contributed by atoms with van der Waals surface area (Å²) in [5.74, 6) is 0.196. The molecule has 1 aromatic heterocycles. The number of phenolic OH excluding ortho intramolecular Hbond substituents is 1. The minimum atomic E-state index is -0.388. The summed E-state index contributed by atoms with van der Waals surface area (Å²) in [5, 5.41) is 11.6. The topological polar surface area (TPSA) is 53.7 Å². The van der Waals surface area contributed by atoms with Crippen LogP contribution in [0, 0.1) is 10.8 Å². The molecule has 5 rings (SSSR count). The third-order valence-corrected chi connectivity index (χ3v) is 6.96. The highest BCUT2D eigenvalue weighted by molar-refractivity contribution is 5.95. The van der Waals surface area contributed by atoms with Gasteiger partial charge in [-0.25, -0.2) is 4.79 Å². The van der Waals surface area contributed by atoms with Gasteiger partial charge in [0.1, 0.15) is 11.3 Å². The van der Waals surface area contributed by atoms with Gasteiger partial charge >= 0.3 is 5.63 Å². The molecule has 0 amide bonds. The number of hydrogen-bond acceptors (Lipinski definition) is 4. The highest BCUT2D eigenvalue weighted by Crippen LogP contribution is 2.53. The lowest BCUT2D eigenvalue weighted by atomic mass is 9.65. The molecule has 2 aromatic carbocycles. The van der Waals surface area contributed by atoms with Gasteiger partial charge in [0.15, 0.2) is 0 Å². The van der Waals surface area contributed by atoms with Gasteiger partial charge in [0, 0.05) is 30.6 Å². The van der Waals surface area contributed by atoms with Gasteiger partial charge in [-0.05, 0) is 53.4 Å². The monoisotopic (exact) mass is 403 g/mol. The first kappa shape index (κ1) is 19.4. The molecule has 30 heavy (non-hydrogen) atoms. The lowest BCUT2D eigenvalue weighted by Gasteiger charge is -2.40. The molecule has 4 heteroatoms. The van der Waals surface area contributed by atoms with Crippen LogP contribution in [0.15, 0.2) is 57.7 Å². The molecule has 2 aliphatic rings. The van der Waals surface area contributed by atoms with Gasteiger partial charge in [-0.15, -0.1) is 0 Å². The zero-order valence-electron chi connectivity index (χ0n) is 17.9. The van der Waals surface area contributed by atoms with E-state index in [4.69, 9.17) is 4.42 Å². The van der Waals surface area contributed by atoms with Crippen LogP contribution >= 0.6 is 0 Å². The molecule has 1 saturated heterocycles. The van der Waals surface area contributed by atoms with Crippen molar-refractivity contribution >= 4 is 11.0 Å². The van der Waals surface area contributed by atoms with Gasteiger partial charge < -0.3 is 9.52 Å². The number of hydrogen-bond donors (Lipinski definition) is 1. The molecule has 1 saturated carbocycles. The van der Waals surface area contributed by atoms with E-state index in [1.165, 1.54) is 12.8 Å². The minimum absolute atomic E-state index is 0.196. The molecule has 1 N–H and O–H groups in total. The smallest absolute Gasteiger partial charge is 0.336 e. The maximum atomic E-state index is 12.4. The van der Waals surface area contributed by atoms with Crippen LogP contribution in [0.4, 0.5) is 0 Å². The van der Waals surface area contributed by atoms with E-state index in [1.807, 2.05) is 36.4 Å². The number of benzene rings is 2. The summed E-state index contributed by atoms with van der Waals surface area (Å²) in [6, 6.07) is 15.5. The standard InChI is InChI=1S/C26H29NO3/c1-25(2)12-18-13-26(3,15-25)16-27(18)14-21-22(28)10-9-19-20(11-23(29)30-24(19)21)17-7-5-4-6-8-17/h4-11,18,28H,12-16H2,1-3H3/t18-,26+/m0/s1. The Morgan fingerprint density at radius 2 is 1.87 bits per heavy atom. The molecule has 0 radical (unpaired) electrons. The first-order valence-corrected chi connectivity index (χ1v) is 10.8. The second kappa shape index (κ2) is 6.71. The van der Waals surface area contributed by atoms with Gasteiger partial charge in [0.25, 0.3) is 0 Å². The summed E-state index contributed by atoms with van der Waals surface area (Å²) >= 11 is 0. The van der Waals surface area contributed by atoms with Crippen LogP contribution in [-0.2, 0) is 6.54 Å². The molecular weight excluding hydrogens is 374 g/mol. The summed E-state index contributed by atoms with van der Waals surface area (Å²) in [7, 11) is 0. The number of rotatable bonds is 3. The Morgan fingerprint density at radius 3 is 2.63 bits per heavy atom. The number of likely N-dealkylation sites (tertiary alicyclic amines) is 1. The summed E-state index contributed by atoms with van der Waals surface area (Å²) in [6.07, 6.45) is 3.58. The van der Waals surface area contributed by atoms with Crippen LogP contribution in [0.5, 0.6) is 5.75 Å². The highest BCUT2D eigenvalue weighted by atomic mass is 16.4. The average Bonchev–Trinajstić information content (AvgIpc) is 2.92. The normalized spacial score (nSPS) is 25.6. The van der Waals surface area contributed by atoms with E-state index in [1.54, 1.807) is 12.1 Å². The molecule has 3 aromatic rings. The molecular formula is C26H29NO3. The van der Waals surface area contributed by atoms with Crippen molar-refractivity contribution in [3.8, 4) is 16.9 Å². The van der Waals surface area contributed by atoms with Gasteiger partial charge in [-0.1, -0.05) is 51.1 Å². The maximum absolute atomic E-state index is 12.4. The SMILES string of the molecule is CC1(C)C[C@H]2C[C@@](C)(CN2Cc2c(O)ccc3c(-c4ccccc4)cc(=O)oc23)C1. The van der Waals surface area contributed by atoms with E-state index in [2.05, 4.69) is 25.7 Å². The van der Waals surface area contributed by atoms with Gasteiger partial charge in [0.05, 0.1) is 5.56 Å². The number of fused-ring (bicyclic) bond motifs is 3. The molecule has 156 valence electrons. The fraction of sp³-hybridized carbons (Fsp3) is 0.423. The predicted molar refractivity (Wildman–Crippen MR) is 120 cm³/mol. The van der Waals surface area contributed by atoms with Crippen molar-refractivity contribution in [3.05, 3.63) is 64.5 Å². The van der Waals surface area contributed by atoms with Crippen molar-refractivity contribution in [1.82, 2.24) is 4.90 Å². The third kappa shape index (κ3) is 3.33. The molecule has 1 aliphatic heterocycles. The lowest BCUT2D eigenvalue weighted by molar-refractivity contribution is 0.126. The second-order valence-electron chi connectivity index (χ2n) is 10.4. The molecule has 0 spiro atoms. The molecule has 1 aliphatic carbocycles. The van der Waals surface area contributed by atoms with E-state index >= 15 is 0 Å². The van der Waals surface area contributed by atoms with Gasteiger partial charge in [-0.3, -0.25) is 4.90 Å². The first-order valence-electron chi connectivity index (χ1n) is 10.8. The van der Waals surface area contributed by atoms with Crippen molar-refractivity contribution in [2.75, 3.05) is 6.54 Å². The zero-order valence-corrected chi connectivity index (χ0v) is 17.9. The van der Waals surface area contributed by atoms with Gasteiger partial charge in [-0.2, -0.15) is 0 Å². The molecule has 2 fully saturated rings. The zero-order chi connectivity index (χ0) is 21.1. The summed E-state index contributed by atoms with van der Waals surface area (Å²) in [4.78, 5) is 14.9. The molecule has 4 nitrogen and oxygen atoms in total. The first-order chi connectivity index (χ1) is 14.2. The third-order valence-electron chi connectivity index (χ3n) is 6.96. The average molecular weight is 404 g/mol. The Balaban J connectivity index is 1.60. The van der Waals surface area contributed by atoms with Gasteiger partial charge in [0.2, 0.25) is 0 Å². The quantitative estimate of drug-likeness (QED) is 0.581. The van der Waals surface area contributed by atoms with Crippen molar-refractivity contribution in [1.29, 1.82) is 0 Å². The minimum Gasteiger partial charge on any atom is -0.507 e. The molecule has 2 bridgehead atoms. The van der Waals surface area contributed by atoms with Crippen molar-refractivity contribution < 1.29 is 9.52 Å². The maximum Gasteiger partial charge on any atom is 0.336 e. The van der Waals surface area contributed by atoms with E-state index in [0.29, 0.717) is 29.0 Å². The Labute approximate surface area is 177 Å². The molecule has 2 atom stereocenters. The summed E-state index contributed by atoms with van der Waals surface area (Å²) in [5.41, 5.74) is 3.29. The molecule has 2 heterocycles. The number of nitrogens with zero attached hydrogens (tertiary/aromatic N) is 1. The van der Waals surface area contributed by atoms with E-state index < -0.39 is 0 Å². The van der Waals surface area contributed by atoms with E-state index in [9.17, 15) is 9.90 Å². The number of aromatic hydroxyl groups is 1. The fourth-order valence-electron chi connectivity index (χ4n) is 6.25. The Morgan fingerprint density at radius 1 is 1.10 bits per heavy atom. The van der Waals surface area contributed by atoms with Crippen LogP contribution in [0.2, 0.25) is 0 Å². The lowest BCUT2D eigenvalue weighted by Crippen LogP contribution is -2.34. The second-order valence-corrected chi connectivity index (χ2v) is 10.4. The van der Waals surface area contributed by atoms with Crippen LogP contribution in [0.3, 0.4) is 0 Å². The van der Waals surface area contributed by atoms with E-state index in [0.717, 1.165) is 35.0 Å². The Kier molecular flexibility index (Phi) is 4.33. The van der Waals surface area contributed by atoms with Crippen LogP contribution < -0.4 is 5.63 Å². The van der Waals surface area contributed by atoms with Crippen LogP contribution in [0.25, 0.3) is 22.1 Å².